The van der Waals surface area contributed by atoms with Crippen molar-refractivity contribution in [3.05, 3.63) is 204 Å². The van der Waals surface area contributed by atoms with Gasteiger partial charge >= 0.3 is 0 Å². The number of phenolic OH excluding ortho intramolecular Hbond substituents is 6. The van der Waals surface area contributed by atoms with E-state index in [1.54, 1.807) is 24.5 Å². The average Bonchev–Trinajstić information content (AvgIpc) is 3.40. The number of pyridine rings is 4. The fourth-order valence-electron chi connectivity index (χ4n) is 8.56. The summed E-state index contributed by atoms with van der Waals surface area (Å²) in [5, 5.41) is 58.1. The van der Waals surface area contributed by atoms with E-state index >= 15 is 0 Å². The molecule has 10 rings (SSSR count). The summed E-state index contributed by atoms with van der Waals surface area (Å²) in [6, 6.07) is 46.3. The maximum absolute atomic E-state index is 9.76. The SMILES string of the molecule is Cc1cc(-c2ccc(-c3cccc(-c4ccc(-c5cc(C)c(C)c(C)c5)cn4)c3)nc2)cc(C)c1C.Oc1cc(-c2ccc(-c3cccc(-c4ccc(-c5cc(O)c(O)c(O)c5)cn4)c3)nc2)cc(O)c1O. The van der Waals surface area contributed by atoms with Crippen LogP contribution in [-0.4, -0.2) is 50.6 Å². The third-order valence-corrected chi connectivity index (χ3v) is 13.3. The number of benzene rings is 6. The molecule has 0 spiro atoms. The predicted molar refractivity (Wildman–Crippen MR) is 286 cm³/mol. The quantitative estimate of drug-likeness (QED) is 0.0805. The highest BCUT2D eigenvalue weighted by Crippen LogP contribution is 2.41. The van der Waals surface area contributed by atoms with Gasteiger partial charge < -0.3 is 30.6 Å². The molecule has 0 unspecified atom stereocenters. The summed E-state index contributed by atoms with van der Waals surface area (Å²) in [5.41, 5.74) is 22.2. The first kappa shape index (κ1) is 47.8. The second-order valence-electron chi connectivity index (χ2n) is 18.1. The van der Waals surface area contributed by atoms with Crippen LogP contribution in [0, 0.1) is 41.5 Å². The lowest BCUT2D eigenvalue weighted by Gasteiger charge is -2.11. The van der Waals surface area contributed by atoms with Crippen LogP contribution in [0.3, 0.4) is 0 Å². The summed E-state index contributed by atoms with van der Waals surface area (Å²) in [7, 11) is 0. The van der Waals surface area contributed by atoms with Crippen molar-refractivity contribution in [1.29, 1.82) is 0 Å². The van der Waals surface area contributed by atoms with E-state index in [9.17, 15) is 30.6 Å². The van der Waals surface area contributed by atoms with Crippen molar-refractivity contribution in [3.63, 3.8) is 0 Å². The van der Waals surface area contributed by atoms with Crippen molar-refractivity contribution in [2.24, 2.45) is 0 Å². The topological polar surface area (TPSA) is 173 Å². The van der Waals surface area contributed by atoms with Crippen molar-refractivity contribution in [2.75, 3.05) is 0 Å². The predicted octanol–water partition coefficient (Wildman–Crippen LogP) is 14.4. The van der Waals surface area contributed by atoms with Crippen LogP contribution < -0.4 is 0 Å². The minimum atomic E-state index is -0.568. The van der Waals surface area contributed by atoms with Crippen LogP contribution in [0.2, 0.25) is 0 Å². The lowest BCUT2D eigenvalue weighted by atomic mass is 9.96. The molecule has 10 heteroatoms. The second kappa shape index (κ2) is 20.0. The van der Waals surface area contributed by atoms with E-state index in [-0.39, 0.29) is 0 Å². The molecule has 6 aromatic carbocycles. The summed E-state index contributed by atoms with van der Waals surface area (Å²) >= 11 is 0. The third-order valence-electron chi connectivity index (χ3n) is 13.3. The van der Waals surface area contributed by atoms with Gasteiger partial charge in [-0.05, 0) is 158 Å². The van der Waals surface area contributed by atoms with Gasteiger partial charge in [0.05, 0.1) is 22.8 Å². The zero-order chi connectivity index (χ0) is 50.8. The van der Waals surface area contributed by atoms with Crippen LogP contribution in [0.25, 0.3) is 89.5 Å². The Kier molecular flexibility index (Phi) is 13.3. The fourth-order valence-corrected chi connectivity index (χ4v) is 8.56. The highest BCUT2D eigenvalue weighted by molar-refractivity contribution is 5.77. The maximum atomic E-state index is 9.76. The average molecular weight is 949 g/mol. The van der Waals surface area contributed by atoms with Gasteiger partial charge in [-0.1, -0.05) is 84.9 Å². The number of hydrogen-bond donors (Lipinski definition) is 6. The van der Waals surface area contributed by atoms with Gasteiger partial charge in [-0.15, -0.1) is 0 Å². The van der Waals surface area contributed by atoms with E-state index in [0.29, 0.717) is 33.6 Å². The zero-order valence-corrected chi connectivity index (χ0v) is 40.6. The lowest BCUT2D eigenvalue weighted by Crippen LogP contribution is -1.91. The Labute approximate surface area is 418 Å². The molecule has 0 aliphatic rings. The minimum absolute atomic E-state index is 0.417. The number of aromatic nitrogens is 4. The normalized spacial score (nSPS) is 11.0. The second-order valence-corrected chi connectivity index (χ2v) is 18.1. The molecule has 0 aliphatic heterocycles. The molecule has 4 aromatic heterocycles. The molecule has 10 nitrogen and oxygen atoms in total. The van der Waals surface area contributed by atoms with E-state index in [2.05, 4.69) is 124 Å². The first-order valence-corrected chi connectivity index (χ1v) is 23.3. The smallest absolute Gasteiger partial charge is 0.200 e. The van der Waals surface area contributed by atoms with Crippen LogP contribution in [0.5, 0.6) is 34.5 Å². The standard InChI is InChI=1S/C34H32N2.C28H20N2O6/c1-21-14-31(15-22(2)25(21)5)29-10-12-33(35-19-29)27-8-7-9-28(18-27)34-13-11-30(20-36-34)32-16-23(3)26(6)24(4)17-32;31-23-9-19(10-24(32)27(23)35)17-4-6-21(29-13-17)15-2-1-3-16(8-15)22-7-5-18(14-30-22)20-11-25(33)28(36)26(34)12-20/h7-20H,1-6H3;1-14,31-36H. The van der Waals surface area contributed by atoms with Gasteiger partial charge in [0.15, 0.2) is 34.5 Å². The molecule has 0 bridgehead atoms. The molecular weight excluding hydrogens is 897 g/mol. The summed E-state index contributed by atoms with van der Waals surface area (Å²) in [4.78, 5) is 18.6. The molecule has 0 saturated heterocycles. The third kappa shape index (κ3) is 10.1. The molecule has 0 fully saturated rings. The summed E-state index contributed by atoms with van der Waals surface area (Å²) < 4.78 is 0. The van der Waals surface area contributed by atoms with E-state index in [1.165, 1.54) is 68.8 Å². The van der Waals surface area contributed by atoms with Crippen molar-refractivity contribution < 1.29 is 30.6 Å². The molecule has 356 valence electrons. The Morgan fingerprint density at radius 3 is 0.708 bits per heavy atom. The minimum Gasteiger partial charge on any atom is -0.504 e. The number of hydrogen-bond acceptors (Lipinski definition) is 10. The Morgan fingerprint density at radius 2 is 0.486 bits per heavy atom. The highest BCUT2D eigenvalue weighted by atomic mass is 16.3. The van der Waals surface area contributed by atoms with Gasteiger partial charge in [-0.25, -0.2) is 0 Å². The van der Waals surface area contributed by atoms with E-state index in [0.717, 1.165) is 44.8 Å². The molecular formula is C62H52N4O6. The van der Waals surface area contributed by atoms with Crippen molar-refractivity contribution in [3.8, 4) is 124 Å². The zero-order valence-electron chi connectivity index (χ0n) is 40.6. The highest BCUT2D eigenvalue weighted by Gasteiger charge is 2.14. The molecule has 0 amide bonds. The molecule has 6 N–H and O–H groups in total. The van der Waals surface area contributed by atoms with Gasteiger partial charge in [0.1, 0.15) is 0 Å². The number of rotatable bonds is 8. The Bertz CT molecular complexity index is 3060. The molecule has 0 radical (unpaired) electrons. The number of nitrogens with zero attached hydrogens (tertiary/aromatic N) is 4. The largest absolute Gasteiger partial charge is 0.504 e. The van der Waals surface area contributed by atoms with E-state index in [1.807, 2.05) is 48.8 Å². The first-order chi connectivity index (χ1) is 34.6. The Balaban J connectivity index is 0.000000178. The van der Waals surface area contributed by atoms with Gasteiger partial charge in [0, 0.05) is 69.3 Å². The van der Waals surface area contributed by atoms with Crippen molar-refractivity contribution in [2.45, 2.75) is 41.5 Å². The van der Waals surface area contributed by atoms with Crippen molar-refractivity contribution in [1.82, 2.24) is 19.9 Å². The number of aryl methyl sites for hydroxylation is 4. The molecule has 0 saturated carbocycles. The van der Waals surface area contributed by atoms with Gasteiger partial charge in [-0.2, -0.15) is 0 Å². The van der Waals surface area contributed by atoms with Crippen LogP contribution >= 0.6 is 0 Å². The Hall–Kier alpha value is -9.28. The summed E-state index contributed by atoms with van der Waals surface area (Å²) in [6.45, 7) is 13.0. The molecule has 0 atom stereocenters. The summed E-state index contributed by atoms with van der Waals surface area (Å²) in [6.07, 6.45) is 7.18. The van der Waals surface area contributed by atoms with E-state index in [4.69, 9.17) is 9.97 Å². The van der Waals surface area contributed by atoms with Crippen LogP contribution in [0.4, 0.5) is 0 Å². The molecule has 72 heavy (non-hydrogen) atoms. The number of phenols is 6. The van der Waals surface area contributed by atoms with Gasteiger partial charge in [0.2, 0.25) is 0 Å². The van der Waals surface area contributed by atoms with Crippen LogP contribution in [0.1, 0.15) is 33.4 Å². The van der Waals surface area contributed by atoms with Crippen molar-refractivity contribution >= 4 is 0 Å². The van der Waals surface area contributed by atoms with Crippen LogP contribution in [-0.2, 0) is 0 Å². The summed E-state index contributed by atoms with van der Waals surface area (Å²) in [5.74, 6) is -2.81. The molecule has 10 aromatic rings. The van der Waals surface area contributed by atoms with Crippen LogP contribution in [0.15, 0.2) is 170 Å². The van der Waals surface area contributed by atoms with E-state index < -0.39 is 34.5 Å². The monoisotopic (exact) mass is 948 g/mol. The Morgan fingerprint density at radius 1 is 0.250 bits per heavy atom. The number of aromatic hydroxyl groups is 6. The van der Waals surface area contributed by atoms with Gasteiger partial charge in [-0.3, -0.25) is 19.9 Å². The first-order valence-electron chi connectivity index (χ1n) is 23.3. The maximum Gasteiger partial charge on any atom is 0.200 e. The fraction of sp³-hybridized carbons (Fsp3) is 0.0968. The lowest BCUT2D eigenvalue weighted by molar-refractivity contribution is 0.368. The molecule has 0 aliphatic carbocycles. The molecule has 4 heterocycles. The van der Waals surface area contributed by atoms with Gasteiger partial charge in [0.25, 0.3) is 0 Å².